The van der Waals surface area contributed by atoms with Crippen LogP contribution in [0.25, 0.3) is 0 Å². The molecule has 0 fully saturated rings. The highest BCUT2D eigenvalue weighted by Gasteiger charge is 2.33. The number of methoxy groups -OCH3 is 1. The minimum absolute atomic E-state index is 0.238. The van der Waals surface area contributed by atoms with Crippen molar-refractivity contribution in [2.75, 3.05) is 7.11 Å². The Hall–Kier alpha value is -2.76. The third kappa shape index (κ3) is 3.21. The summed E-state index contributed by atoms with van der Waals surface area (Å²) in [6, 6.07) is 11.0. The number of nitrogens with one attached hydrogen (secondary N) is 1. The smallest absolute Gasteiger partial charge is 0.265 e. The quantitative estimate of drug-likeness (QED) is 0.934. The van der Waals surface area contributed by atoms with Crippen LogP contribution < -0.4 is 19.5 Å². The first-order valence-electron chi connectivity index (χ1n) is 7.37. The van der Waals surface area contributed by atoms with E-state index < -0.39 is 6.10 Å². The van der Waals surface area contributed by atoms with Crippen molar-refractivity contribution < 1.29 is 19.0 Å². The van der Waals surface area contributed by atoms with E-state index in [9.17, 15) is 4.79 Å². The zero-order chi connectivity index (χ0) is 16.2. The molecule has 1 aliphatic heterocycles. The van der Waals surface area contributed by atoms with Crippen molar-refractivity contribution in [1.29, 1.82) is 0 Å². The van der Waals surface area contributed by atoms with Gasteiger partial charge in [0.2, 0.25) is 12.0 Å². The second-order valence-corrected chi connectivity index (χ2v) is 5.20. The lowest BCUT2D eigenvalue weighted by Crippen LogP contribution is -2.48. The molecule has 0 unspecified atom stereocenters. The predicted octanol–water partition coefficient (Wildman–Crippen LogP) is 1.93. The fourth-order valence-corrected chi connectivity index (χ4v) is 2.43. The van der Waals surface area contributed by atoms with Crippen LogP contribution in [0.3, 0.4) is 0 Å². The maximum atomic E-state index is 12.4. The highest BCUT2D eigenvalue weighted by Crippen LogP contribution is 2.33. The molecule has 0 aliphatic carbocycles. The van der Waals surface area contributed by atoms with Crippen molar-refractivity contribution in [2.24, 2.45) is 0 Å². The fourth-order valence-electron chi connectivity index (χ4n) is 2.43. The number of carbonyl (C=O) groups excluding carboxylic acids is 1. The highest BCUT2D eigenvalue weighted by molar-refractivity contribution is 5.82. The summed E-state index contributed by atoms with van der Waals surface area (Å²) in [7, 11) is 1.55. The normalized spacial score (nSPS) is 19.0. The molecule has 1 amide bonds. The molecule has 0 spiro atoms. The lowest BCUT2D eigenvalue weighted by Gasteiger charge is -2.31. The van der Waals surface area contributed by atoms with E-state index in [0.717, 1.165) is 5.56 Å². The van der Waals surface area contributed by atoms with Gasteiger partial charge < -0.3 is 19.5 Å². The van der Waals surface area contributed by atoms with Crippen LogP contribution in [0.1, 0.15) is 12.5 Å². The molecule has 0 saturated carbocycles. The zero-order valence-electron chi connectivity index (χ0n) is 13.0. The predicted molar refractivity (Wildman–Crippen MR) is 83.6 cm³/mol. The van der Waals surface area contributed by atoms with Crippen LogP contribution in [-0.4, -0.2) is 30.2 Å². The summed E-state index contributed by atoms with van der Waals surface area (Å²) in [6.45, 7) is 2.12. The van der Waals surface area contributed by atoms with Crippen LogP contribution in [0.2, 0.25) is 0 Å². The van der Waals surface area contributed by atoms with Gasteiger partial charge in [-0.15, -0.1) is 0 Å². The van der Waals surface area contributed by atoms with Crippen molar-refractivity contribution in [2.45, 2.75) is 25.7 Å². The van der Waals surface area contributed by atoms with Crippen LogP contribution in [0.5, 0.6) is 17.4 Å². The maximum absolute atomic E-state index is 12.4. The number of carbonyl (C=O) groups is 1. The summed E-state index contributed by atoms with van der Waals surface area (Å²) in [5.41, 5.74) is 0.799. The Kier molecular flexibility index (Phi) is 4.32. The summed E-state index contributed by atoms with van der Waals surface area (Å²) in [4.78, 5) is 16.5. The monoisotopic (exact) mass is 314 g/mol. The summed E-state index contributed by atoms with van der Waals surface area (Å²) in [5, 5.41) is 2.84. The maximum Gasteiger partial charge on any atom is 0.265 e. The molecule has 1 aromatic heterocycles. The molecule has 6 nitrogen and oxygen atoms in total. The number of hydrogen-bond donors (Lipinski definition) is 1. The fraction of sp³-hybridized carbons (Fsp3) is 0.294. The molecule has 23 heavy (non-hydrogen) atoms. The molecule has 2 aromatic rings. The second-order valence-electron chi connectivity index (χ2n) is 5.20. The third-order valence-electron chi connectivity index (χ3n) is 3.60. The summed E-state index contributed by atoms with van der Waals surface area (Å²) in [5.74, 6) is 1.48. The molecule has 0 bridgehead atoms. The Labute approximate surface area is 134 Å². The molecule has 1 aliphatic rings. The van der Waals surface area contributed by atoms with Gasteiger partial charge in [-0.3, -0.25) is 4.79 Å². The lowest BCUT2D eigenvalue weighted by atomic mass is 10.1. The van der Waals surface area contributed by atoms with Gasteiger partial charge in [-0.2, -0.15) is 0 Å². The van der Waals surface area contributed by atoms with Gasteiger partial charge in [-0.1, -0.05) is 18.2 Å². The number of aromatic nitrogens is 1. The number of amides is 1. The van der Waals surface area contributed by atoms with E-state index in [4.69, 9.17) is 14.2 Å². The molecular weight excluding hydrogens is 296 g/mol. The van der Waals surface area contributed by atoms with E-state index >= 15 is 0 Å². The number of fused-ring (bicyclic) bond motifs is 1. The van der Waals surface area contributed by atoms with Crippen LogP contribution in [-0.2, 0) is 11.3 Å². The van der Waals surface area contributed by atoms with Gasteiger partial charge >= 0.3 is 0 Å². The zero-order valence-corrected chi connectivity index (χ0v) is 13.0. The van der Waals surface area contributed by atoms with Crippen LogP contribution in [0, 0.1) is 0 Å². The Bertz CT molecular complexity index is 704. The van der Waals surface area contributed by atoms with Crippen molar-refractivity contribution >= 4 is 5.91 Å². The molecule has 0 saturated heterocycles. The van der Waals surface area contributed by atoms with Crippen LogP contribution >= 0.6 is 0 Å². The van der Waals surface area contributed by atoms with Gasteiger partial charge in [0.15, 0.2) is 11.5 Å². The molecule has 3 rings (SSSR count). The van der Waals surface area contributed by atoms with Crippen molar-refractivity contribution in [1.82, 2.24) is 10.3 Å². The standard InChI is InChI=1S/C17H18N2O4/c1-11-15(23-14-8-4-3-7-13(14)22-11)16(20)19-10-12-6-5-9-18-17(12)21-2/h3-9,11,15H,10H2,1-2H3,(H,19,20)/t11-,15+/m1/s1. The molecule has 2 heterocycles. The SMILES string of the molecule is COc1ncccc1CNC(=O)[C@H]1Oc2ccccc2O[C@@H]1C. The van der Waals surface area contributed by atoms with Gasteiger partial charge in [0, 0.05) is 18.3 Å². The topological polar surface area (TPSA) is 69.7 Å². The number of benzene rings is 1. The van der Waals surface area contributed by atoms with Crippen LogP contribution in [0.4, 0.5) is 0 Å². The van der Waals surface area contributed by atoms with E-state index in [1.54, 1.807) is 25.4 Å². The van der Waals surface area contributed by atoms with Gasteiger partial charge in [0.1, 0.15) is 6.10 Å². The minimum atomic E-state index is -0.701. The number of nitrogens with zero attached hydrogens (tertiary/aromatic N) is 1. The van der Waals surface area contributed by atoms with Gasteiger partial charge in [0.25, 0.3) is 5.91 Å². The Morgan fingerprint density at radius 2 is 1.96 bits per heavy atom. The van der Waals surface area contributed by atoms with Gasteiger partial charge in [-0.05, 0) is 25.1 Å². The Balaban J connectivity index is 1.67. The largest absolute Gasteiger partial charge is 0.482 e. The van der Waals surface area contributed by atoms with Crippen molar-refractivity contribution in [3.63, 3.8) is 0 Å². The van der Waals surface area contributed by atoms with Crippen molar-refractivity contribution in [3.8, 4) is 17.4 Å². The Morgan fingerprint density at radius 1 is 1.22 bits per heavy atom. The average Bonchev–Trinajstić information content (AvgIpc) is 2.59. The number of rotatable bonds is 4. The number of ether oxygens (including phenoxy) is 3. The van der Waals surface area contributed by atoms with E-state index in [1.165, 1.54) is 0 Å². The minimum Gasteiger partial charge on any atom is -0.482 e. The molecule has 6 heteroatoms. The van der Waals surface area contributed by atoms with E-state index in [2.05, 4.69) is 10.3 Å². The average molecular weight is 314 g/mol. The van der Waals surface area contributed by atoms with Crippen molar-refractivity contribution in [3.05, 3.63) is 48.2 Å². The third-order valence-corrected chi connectivity index (χ3v) is 3.60. The van der Waals surface area contributed by atoms with E-state index in [-0.39, 0.29) is 12.0 Å². The first-order chi connectivity index (χ1) is 11.2. The number of pyridine rings is 1. The Morgan fingerprint density at radius 3 is 2.70 bits per heavy atom. The molecule has 1 N–H and O–H groups in total. The molecule has 0 radical (unpaired) electrons. The molecule has 2 atom stereocenters. The van der Waals surface area contributed by atoms with Crippen LogP contribution in [0.15, 0.2) is 42.6 Å². The summed E-state index contributed by atoms with van der Waals surface area (Å²) < 4.78 is 16.7. The van der Waals surface area contributed by atoms with E-state index in [0.29, 0.717) is 23.9 Å². The lowest BCUT2D eigenvalue weighted by molar-refractivity contribution is -0.133. The number of para-hydroxylation sites is 2. The first-order valence-corrected chi connectivity index (χ1v) is 7.37. The van der Waals surface area contributed by atoms with E-state index in [1.807, 2.05) is 31.2 Å². The van der Waals surface area contributed by atoms with Gasteiger partial charge in [-0.25, -0.2) is 4.98 Å². The first kappa shape index (κ1) is 15.1. The summed E-state index contributed by atoms with van der Waals surface area (Å²) in [6.07, 6.45) is 0.564. The molecule has 120 valence electrons. The summed E-state index contributed by atoms with van der Waals surface area (Å²) >= 11 is 0. The molecule has 1 aromatic carbocycles. The van der Waals surface area contributed by atoms with Gasteiger partial charge in [0.05, 0.1) is 7.11 Å². The highest BCUT2D eigenvalue weighted by atomic mass is 16.6. The second kappa shape index (κ2) is 6.56. The number of hydrogen-bond acceptors (Lipinski definition) is 5. The molecular formula is C17H18N2O4.